The maximum absolute atomic E-state index is 9.31. The summed E-state index contributed by atoms with van der Waals surface area (Å²) in [6, 6.07) is 5.87. The molecule has 2 unspecified atom stereocenters. The molecule has 0 radical (unpaired) electrons. The number of phenolic OH excluding ortho intramolecular Hbond substituents is 1. The smallest absolute Gasteiger partial charge is 0.115 e. The second-order valence-corrected chi connectivity index (χ2v) is 3.87. The number of aryl methyl sites for hydroxylation is 1. The third-order valence-electron chi connectivity index (χ3n) is 3.01. The zero-order chi connectivity index (χ0) is 9.42. The van der Waals surface area contributed by atoms with Crippen molar-refractivity contribution in [3.8, 4) is 5.75 Å². The molecule has 0 spiro atoms. The first-order valence-corrected chi connectivity index (χ1v) is 4.76. The Labute approximate surface area is 78.4 Å². The average Bonchev–Trinajstić information content (AvgIpc) is 2.12. The van der Waals surface area contributed by atoms with Gasteiger partial charge in [0.2, 0.25) is 0 Å². The van der Waals surface area contributed by atoms with Gasteiger partial charge >= 0.3 is 0 Å². The summed E-state index contributed by atoms with van der Waals surface area (Å²) in [4.78, 5) is 0. The molecule has 0 amide bonds. The first kappa shape index (κ1) is 8.57. The molecule has 1 aliphatic rings. The van der Waals surface area contributed by atoms with E-state index in [1.807, 2.05) is 12.1 Å². The summed E-state index contributed by atoms with van der Waals surface area (Å²) < 4.78 is 0. The van der Waals surface area contributed by atoms with Crippen LogP contribution in [-0.2, 0) is 6.42 Å². The fourth-order valence-corrected chi connectivity index (χ4v) is 2.06. The number of fused-ring (bicyclic) bond motifs is 1. The van der Waals surface area contributed by atoms with E-state index in [0.717, 1.165) is 12.8 Å². The molecule has 13 heavy (non-hydrogen) atoms. The van der Waals surface area contributed by atoms with Crippen LogP contribution >= 0.6 is 0 Å². The third-order valence-corrected chi connectivity index (χ3v) is 3.01. The van der Waals surface area contributed by atoms with Crippen molar-refractivity contribution >= 4 is 0 Å². The monoisotopic (exact) mass is 177 g/mol. The number of benzene rings is 1. The van der Waals surface area contributed by atoms with Crippen LogP contribution in [0.1, 0.15) is 30.4 Å². The predicted molar refractivity (Wildman–Crippen MR) is 52.8 cm³/mol. The van der Waals surface area contributed by atoms with Gasteiger partial charge in [0.1, 0.15) is 5.75 Å². The van der Waals surface area contributed by atoms with Gasteiger partial charge in [-0.2, -0.15) is 0 Å². The average molecular weight is 177 g/mol. The van der Waals surface area contributed by atoms with Crippen molar-refractivity contribution in [1.82, 2.24) is 0 Å². The topological polar surface area (TPSA) is 46.2 Å². The minimum Gasteiger partial charge on any atom is -0.508 e. The molecule has 2 heteroatoms. The Bertz CT molecular complexity index is 322. The summed E-state index contributed by atoms with van der Waals surface area (Å²) in [5.41, 5.74) is 8.53. The normalized spacial score (nSPS) is 26.9. The number of hydrogen-bond donors (Lipinski definition) is 2. The van der Waals surface area contributed by atoms with Gasteiger partial charge in [0, 0.05) is 6.04 Å². The van der Waals surface area contributed by atoms with Gasteiger partial charge in [0.15, 0.2) is 0 Å². The van der Waals surface area contributed by atoms with E-state index in [1.165, 1.54) is 11.1 Å². The quantitative estimate of drug-likeness (QED) is 0.634. The molecule has 0 bridgehead atoms. The van der Waals surface area contributed by atoms with Crippen LogP contribution in [0, 0.1) is 0 Å². The highest BCUT2D eigenvalue weighted by molar-refractivity contribution is 5.39. The molecule has 0 saturated heterocycles. The van der Waals surface area contributed by atoms with E-state index in [-0.39, 0.29) is 6.04 Å². The molecule has 0 fully saturated rings. The fraction of sp³-hybridized carbons (Fsp3) is 0.455. The molecule has 2 rings (SSSR count). The Balaban J connectivity index is 2.44. The molecule has 70 valence electrons. The Morgan fingerprint density at radius 2 is 2.23 bits per heavy atom. The van der Waals surface area contributed by atoms with Crippen molar-refractivity contribution < 1.29 is 5.11 Å². The van der Waals surface area contributed by atoms with Crippen molar-refractivity contribution in [3.63, 3.8) is 0 Å². The molecular formula is C11H15NO. The van der Waals surface area contributed by atoms with Crippen LogP contribution in [0.15, 0.2) is 18.2 Å². The number of phenols is 1. The van der Waals surface area contributed by atoms with Crippen LogP contribution in [0.25, 0.3) is 0 Å². The number of aromatic hydroxyl groups is 1. The molecule has 1 aromatic rings. The third kappa shape index (κ3) is 1.42. The lowest BCUT2D eigenvalue weighted by Crippen LogP contribution is -2.31. The van der Waals surface area contributed by atoms with E-state index in [2.05, 4.69) is 6.92 Å². The lowest BCUT2D eigenvalue weighted by molar-refractivity contribution is 0.465. The van der Waals surface area contributed by atoms with Gasteiger partial charge in [0.05, 0.1) is 0 Å². The van der Waals surface area contributed by atoms with E-state index >= 15 is 0 Å². The molecule has 2 atom stereocenters. The van der Waals surface area contributed by atoms with Crippen LogP contribution < -0.4 is 5.73 Å². The first-order valence-electron chi connectivity index (χ1n) is 4.76. The number of nitrogens with two attached hydrogens (primary N) is 1. The molecule has 1 aliphatic carbocycles. The highest BCUT2D eigenvalue weighted by Gasteiger charge is 2.22. The molecular weight excluding hydrogens is 162 g/mol. The Morgan fingerprint density at radius 3 is 3.00 bits per heavy atom. The van der Waals surface area contributed by atoms with Gasteiger partial charge in [-0.05, 0) is 42.0 Å². The van der Waals surface area contributed by atoms with Crippen molar-refractivity contribution in [1.29, 1.82) is 0 Å². The second-order valence-electron chi connectivity index (χ2n) is 3.87. The summed E-state index contributed by atoms with van der Waals surface area (Å²) in [6.07, 6.45) is 2.02. The lowest BCUT2D eigenvalue weighted by atomic mass is 9.81. The Hall–Kier alpha value is -1.02. The van der Waals surface area contributed by atoms with Gasteiger partial charge in [-0.15, -0.1) is 0 Å². The zero-order valence-corrected chi connectivity index (χ0v) is 7.83. The van der Waals surface area contributed by atoms with Crippen LogP contribution in [-0.4, -0.2) is 11.1 Å². The maximum Gasteiger partial charge on any atom is 0.115 e. The molecule has 0 aliphatic heterocycles. The summed E-state index contributed by atoms with van der Waals surface area (Å²) in [5.74, 6) is 0.783. The molecule has 3 N–H and O–H groups in total. The van der Waals surface area contributed by atoms with Crippen LogP contribution in [0.4, 0.5) is 0 Å². The van der Waals surface area contributed by atoms with Crippen LogP contribution in [0.3, 0.4) is 0 Å². The minimum atomic E-state index is 0.275. The van der Waals surface area contributed by atoms with E-state index in [9.17, 15) is 5.11 Å². The van der Waals surface area contributed by atoms with E-state index in [0.29, 0.717) is 11.7 Å². The van der Waals surface area contributed by atoms with Gasteiger partial charge in [-0.3, -0.25) is 0 Å². The number of hydrogen-bond acceptors (Lipinski definition) is 2. The molecule has 0 saturated carbocycles. The van der Waals surface area contributed by atoms with Gasteiger partial charge in [0.25, 0.3) is 0 Å². The van der Waals surface area contributed by atoms with Crippen LogP contribution in [0.2, 0.25) is 0 Å². The highest BCUT2D eigenvalue weighted by Crippen LogP contribution is 2.32. The summed E-state index contributed by atoms with van der Waals surface area (Å²) in [5, 5.41) is 9.31. The second kappa shape index (κ2) is 3.04. The van der Waals surface area contributed by atoms with Crippen molar-refractivity contribution in [2.24, 2.45) is 5.73 Å². The highest BCUT2D eigenvalue weighted by atomic mass is 16.3. The van der Waals surface area contributed by atoms with Crippen molar-refractivity contribution in [2.45, 2.75) is 31.7 Å². The van der Waals surface area contributed by atoms with Crippen molar-refractivity contribution in [2.75, 3.05) is 0 Å². The SMILES string of the molecule is CC1c2ccc(O)cc2CCC1N. The summed E-state index contributed by atoms with van der Waals surface area (Å²) in [6.45, 7) is 2.15. The van der Waals surface area contributed by atoms with E-state index < -0.39 is 0 Å². The summed E-state index contributed by atoms with van der Waals surface area (Å²) >= 11 is 0. The van der Waals surface area contributed by atoms with Gasteiger partial charge in [-0.25, -0.2) is 0 Å². The lowest BCUT2D eigenvalue weighted by Gasteiger charge is -2.28. The molecule has 1 aromatic carbocycles. The largest absolute Gasteiger partial charge is 0.508 e. The molecule has 0 aromatic heterocycles. The first-order chi connectivity index (χ1) is 6.18. The van der Waals surface area contributed by atoms with Crippen LogP contribution in [0.5, 0.6) is 5.75 Å². The fourth-order valence-electron chi connectivity index (χ4n) is 2.06. The van der Waals surface area contributed by atoms with Gasteiger partial charge < -0.3 is 10.8 Å². The summed E-state index contributed by atoms with van der Waals surface area (Å²) in [7, 11) is 0. The Kier molecular flexibility index (Phi) is 2.00. The number of rotatable bonds is 0. The standard InChI is InChI=1S/C11H15NO/c1-7-10-4-3-9(13)6-8(10)2-5-11(7)12/h3-4,6-7,11,13H,2,5,12H2,1H3. The minimum absolute atomic E-state index is 0.275. The molecule has 0 heterocycles. The maximum atomic E-state index is 9.31. The zero-order valence-electron chi connectivity index (χ0n) is 7.83. The molecule has 2 nitrogen and oxygen atoms in total. The van der Waals surface area contributed by atoms with E-state index in [4.69, 9.17) is 5.73 Å². The Morgan fingerprint density at radius 1 is 1.46 bits per heavy atom. The van der Waals surface area contributed by atoms with E-state index in [1.54, 1.807) is 6.07 Å². The van der Waals surface area contributed by atoms with Crippen molar-refractivity contribution in [3.05, 3.63) is 29.3 Å². The predicted octanol–water partition coefficient (Wildman–Crippen LogP) is 1.77. The van der Waals surface area contributed by atoms with Gasteiger partial charge in [-0.1, -0.05) is 13.0 Å².